The lowest BCUT2D eigenvalue weighted by Gasteiger charge is -2.26. The van der Waals surface area contributed by atoms with Crippen LogP contribution in [0.15, 0.2) is 42.6 Å². The molecule has 0 radical (unpaired) electrons. The smallest absolute Gasteiger partial charge is 0.255 e. The Morgan fingerprint density at radius 3 is 2.34 bits per heavy atom. The molecule has 1 aliphatic rings. The molecule has 1 aromatic heterocycles. The number of ether oxygens (including phenoxy) is 1. The molecule has 0 spiro atoms. The van der Waals surface area contributed by atoms with E-state index in [2.05, 4.69) is 57.9 Å². The number of carbonyl (C=O) groups excluding carboxylic acids is 1. The van der Waals surface area contributed by atoms with E-state index in [0.717, 1.165) is 30.5 Å². The van der Waals surface area contributed by atoms with Crippen molar-refractivity contribution in [1.82, 2.24) is 10.3 Å². The van der Waals surface area contributed by atoms with Crippen LogP contribution in [0.4, 0.5) is 0 Å². The van der Waals surface area contributed by atoms with Gasteiger partial charge in [0, 0.05) is 11.8 Å². The Bertz CT molecular complexity index is 857. The monoisotopic (exact) mass is 394 g/mol. The lowest BCUT2D eigenvalue weighted by atomic mass is 9.85. The van der Waals surface area contributed by atoms with Crippen molar-refractivity contribution in [2.24, 2.45) is 5.41 Å². The molecule has 156 valence electrons. The molecule has 0 atom stereocenters. The first-order valence-corrected chi connectivity index (χ1v) is 10.5. The predicted octanol–water partition coefficient (Wildman–Crippen LogP) is 5.61. The number of carbonyl (C=O) groups is 1. The van der Waals surface area contributed by atoms with Gasteiger partial charge in [0.1, 0.15) is 5.75 Å². The van der Waals surface area contributed by atoms with Gasteiger partial charge in [0.25, 0.3) is 5.91 Å². The van der Waals surface area contributed by atoms with Gasteiger partial charge in [-0.1, -0.05) is 59.7 Å². The Morgan fingerprint density at radius 2 is 1.79 bits per heavy atom. The molecule has 1 amide bonds. The Morgan fingerprint density at radius 1 is 1.07 bits per heavy atom. The molecule has 4 nitrogen and oxygen atoms in total. The molecule has 29 heavy (non-hydrogen) atoms. The molecule has 1 N–H and O–H groups in total. The van der Waals surface area contributed by atoms with Gasteiger partial charge in [-0.05, 0) is 48.3 Å². The SMILES string of the molecule is CC(C)(C)CCOc1c(C(=O)NC2(c3ccccn3)CC2)cccc1C(C)(C)C. The third-order valence-electron chi connectivity index (χ3n) is 5.42. The maximum absolute atomic E-state index is 13.3. The van der Waals surface area contributed by atoms with Gasteiger partial charge in [0.15, 0.2) is 0 Å². The number of para-hydroxylation sites is 1. The van der Waals surface area contributed by atoms with E-state index in [0.29, 0.717) is 17.9 Å². The third-order valence-corrected chi connectivity index (χ3v) is 5.42. The van der Waals surface area contributed by atoms with Crippen molar-refractivity contribution in [3.8, 4) is 5.75 Å². The maximum atomic E-state index is 13.3. The van der Waals surface area contributed by atoms with Gasteiger partial charge in [-0.3, -0.25) is 9.78 Å². The summed E-state index contributed by atoms with van der Waals surface area (Å²) in [6.07, 6.45) is 4.52. The van der Waals surface area contributed by atoms with Crippen LogP contribution < -0.4 is 10.1 Å². The average Bonchev–Trinajstić information content (AvgIpc) is 3.41. The minimum absolute atomic E-state index is 0.0926. The Hall–Kier alpha value is -2.36. The van der Waals surface area contributed by atoms with Crippen LogP contribution in [-0.4, -0.2) is 17.5 Å². The number of amides is 1. The Balaban J connectivity index is 1.88. The van der Waals surface area contributed by atoms with Crippen molar-refractivity contribution in [3.63, 3.8) is 0 Å². The maximum Gasteiger partial charge on any atom is 0.255 e. The number of pyridine rings is 1. The Kier molecular flexibility index (Phi) is 5.75. The minimum Gasteiger partial charge on any atom is -0.492 e. The van der Waals surface area contributed by atoms with Crippen molar-refractivity contribution in [3.05, 3.63) is 59.4 Å². The van der Waals surface area contributed by atoms with Crippen LogP contribution in [0, 0.1) is 5.41 Å². The van der Waals surface area contributed by atoms with Crippen LogP contribution in [-0.2, 0) is 11.0 Å². The standard InChI is InChI=1S/C25H34N2O2/c1-23(2,3)15-17-29-21-18(10-9-11-19(21)24(4,5)6)22(28)27-25(13-14-25)20-12-7-8-16-26-20/h7-12,16H,13-15,17H2,1-6H3,(H,27,28). The average molecular weight is 395 g/mol. The normalized spacial score (nSPS) is 15.7. The van der Waals surface area contributed by atoms with Crippen molar-refractivity contribution in [1.29, 1.82) is 0 Å². The van der Waals surface area contributed by atoms with Gasteiger partial charge in [-0.25, -0.2) is 0 Å². The highest BCUT2D eigenvalue weighted by molar-refractivity contribution is 5.98. The number of nitrogens with one attached hydrogen (secondary N) is 1. The van der Waals surface area contributed by atoms with Crippen molar-refractivity contribution in [2.75, 3.05) is 6.61 Å². The molecule has 0 aliphatic heterocycles. The van der Waals surface area contributed by atoms with Crippen LogP contribution in [0.1, 0.15) is 82.4 Å². The van der Waals surface area contributed by atoms with Crippen molar-refractivity contribution < 1.29 is 9.53 Å². The summed E-state index contributed by atoms with van der Waals surface area (Å²) >= 11 is 0. The number of aromatic nitrogens is 1. The summed E-state index contributed by atoms with van der Waals surface area (Å²) < 4.78 is 6.26. The molecule has 1 saturated carbocycles. The van der Waals surface area contributed by atoms with E-state index in [1.807, 2.05) is 30.3 Å². The quantitative estimate of drug-likeness (QED) is 0.692. The number of hydrogen-bond donors (Lipinski definition) is 1. The third kappa shape index (κ3) is 5.17. The lowest BCUT2D eigenvalue weighted by molar-refractivity contribution is 0.0924. The highest BCUT2D eigenvalue weighted by Crippen LogP contribution is 2.45. The lowest BCUT2D eigenvalue weighted by Crippen LogP contribution is -2.36. The molecule has 0 saturated heterocycles. The van der Waals surface area contributed by atoms with Gasteiger partial charge >= 0.3 is 0 Å². The van der Waals surface area contributed by atoms with Gasteiger partial charge in [-0.15, -0.1) is 0 Å². The predicted molar refractivity (Wildman–Crippen MR) is 117 cm³/mol. The van der Waals surface area contributed by atoms with Crippen molar-refractivity contribution >= 4 is 5.91 Å². The first-order valence-electron chi connectivity index (χ1n) is 10.5. The summed E-state index contributed by atoms with van der Waals surface area (Å²) in [6.45, 7) is 13.6. The highest BCUT2D eigenvalue weighted by atomic mass is 16.5. The second kappa shape index (κ2) is 7.81. The first kappa shape index (κ1) is 21.4. The topological polar surface area (TPSA) is 51.2 Å². The summed E-state index contributed by atoms with van der Waals surface area (Å²) in [5.74, 6) is 0.614. The molecule has 4 heteroatoms. The summed E-state index contributed by atoms with van der Waals surface area (Å²) in [6, 6.07) is 11.7. The number of rotatable bonds is 6. The first-order chi connectivity index (χ1) is 13.5. The van der Waals surface area contributed by atoms with Gasteiger partial charge < -0.3 is 10.1 Å². The van der Waals surface area contributed by atoms with Crippen LogP contribution in [0.25, 0.3) is 0 Å². The van der Waals surface area contributed by atoms with E-state index < -0.39 is 0 Å². The molecule has 0 unspecified atom stereocenters. The molecule has 1 heterocycles. The van der Waals surface area contributed by atoms with Crippen LogP contribution in [0.3, 0.4) is 0 Å². The summed E-state index contributed by atoms with van der Waals surface area (Å²) in [5, 5.41) is 3.24. The number of benzene rings is 1. The fraction of sp³-hybridized carbons (Fsp3) is 0.520. The minimum atomic E-state index is -0.348. The van der Waals surface area contributed by atoms with Gasteiger partial charge in [-0.2, -0.15) is 0 Å². The fourth-order valence-corrected chi connectivity index (χ4v) is 3.42. The second-order valence-electron chi connectivity index (χ2n) is 10.3. The second-order valence-corrected chi connectivity index (χ2v) is 10.3. The van der Waals surface area contributed by atoms with E-state index in [1.54, 1.807) is 6.20 Å². The van der Waals surface area contributed by atoms with Crippen LogP contribution >= 0.6 is 0 Å². The molecule has 2 aromatic rings. The molecule has 1 aliphatic carbocycles. The zero-order valence-corrected chi connectivity index (χ0v) is 18.6. The molecular formula is C25H34N2O2. The molecule has 1 fully saturated rings. The largest absolute Gasteiger partial charge is 0.492 e. The van der Waals surface area contributed by atoms with E-state index in [9.17, 15) is 4.79 Å². The van der Waals surface area contributed by atoms with Gasteiger partial charge in [0.05, 0.1) is 23.4 Å². The summed E-state index contributed by atoms with van der Waals surface area (Å²) in [5.41, 5.74) is 2.30. The van der Waals surface area contributed by atoms with Crippen LogP contribution in [0.2, 0.25) is 0 Å². The highest BCUT2D eigenvalue weighted by Gasteiger charge is 2.47. The van der Waals surface area contributed by atoms with Gasteiger partial charge in [0.2, 0.25) is 0 Å². The zero-order valence-electron chi connectivity index (χ0n) is 18.6. The van der Waals surface area contributed by atoms with Crippen LogP contribution in [0.5, 0.6) is 5.75 Å². The summed E-state index contributed by atoms with van der Waals surface area (Å²) in [7, 11) is 0. The summed E-state index contributed by atoms with van der Waals surface area (Å²) in [4.78, 5) is 17.8. The fourth-order valence-electron chi connectivity index (χ4n) is 3.42. The van der Waals surface area contributed by atoms with E-state index >= 15 is 0 Å². The zero-order chi connectivity index (χ0) is 21.3. The number of hydrogen-bond acceptors (Lipinski definition) is 3. The Labute approximate surface area is 175 Å². The molecular weight excluding hydrogens is 360 g/mol. The number of nitrogens with zero attached hydrogens (tertiary/aromatic N) is 1. The molecule has 1 aromatic carbocycles. The van der Waals surface area contributed by atoms with E-state index in [4.69, 9.17) is 4.74 Å². The van der Waals surface area contributed by atoms with E-state index in [-0.39, 0.29) is 22.3 Å². The van der Waals surface area contributed by atoms with Crippen molar-refractivity contribution in [2.45, 2.75) is 71.8 Å². The molecule has 3 rings (SSSR count). The van der Waals surface area contributed by atoms with E-state index in [1.165, 1.54) is 0 Å². The molecule has 0 bridgehead atoms.